The van der Waals surface area contributed by atoms with Crippen molar-refractivity contribution >= 4 is 57.8 Å². The van der Waals surface area contributed by atoms with Crippen LogP contribution in [0.25, 0.3) is 10.9 Å². The molecule has 4 N–H and O–H groups in total. The predicted molar refractivity (Wildman–Crippen MR) is 165 cm³/mol. The van der Waals surface area contributed by atoms with Crippen LogP contribution in [0.15, 0.2) is 48.7 Å². The van der Waals surface area contributed by atoms with Gasteiger partial charge in [-0.1, -0.05) is 54.2 Å². The van der Waals surface area contributed by atoms with Crippen molar-refractivity contribution in [2.45, 2.75) is 69.9 Å². The van der Waals surface area contributed by atoms with E-state index in [4.69, 9.17) is 23.2 Å². The Bertz CT molecular complexity index is 1490. The minimum Gasteiger partial charge on any atom is -0.480 e. The van der Waals surface area contributed by atoms with Gasteiger partial charge in [0, 0.05) is 58.6 Å². The van der Waals surface area contributed by atoms with Gasteiger partial charge in [-0.05, 0) is 67.3 Å². The van der Waals surface area contributed by atoms with Crippen LogP contribution in [0.3, 0.4) is 0 Å². The molecule has 2 fully saturated rings. The largest absolute Gasteiger partial charge is 0.480 e. The lowest BCUT2D eigenvalue weighted by atomic mass is 9.77. The zero-order valence-corrected chi connectivity index (χ0v) is 25.3. The highest BCUT2D eigenvalue weighted by atomic mass is 35.5. The Kier molecular flexibility index (Phi) is 9.62. The first-order chi connectivity index (χ1) is 20.6. The van der Waals surface area contributed by atoms with Crippen LogP contribution in [-0.2, 0) is 20.8 Å². The molecule has 0 bridgehead atoms. The second-order valence-corrected chi connectivity index (χ2v) is 12.7. The molecule has 0 radical (unpaired) electrons. The number of H-pyrrole nitrogens is 1. The maximum Gasteiger partial charge on any atom is 0.326 e. The summed E-state index contributed by atoms with van der Waals surface area (Å²) in [6.07, 6.45) is 8.37. The second-order valence-electron chi connectivity index (χ2n) is 11.8. The minimum absolute atomic E-state index is 0.00573. The molecule has 2 aliphatic rings. The number of amides is 3. The van der Waals surface area contributed by atoms with E-state index in [1.807, 2.05) is 24.3 Å². The number of nitrogens with one attached hydrogen (secondary N) is 3. The number of likely N-dealkylation sites (tertiary alicyclic amines) is 1. The first-order valence-corrected chi connectivity index (χ1v) is 15.5. The van der Waals surface area contributed by atoms with E-state index in [9.17, 15) is 24.3 Å². The van der Waals surface area contributed by atoms with Crippen molar-refractivity contribution in [2.24, 2.45) is 5.41 Å². The Morgan fingerprint density at radius 3 is 2.28 bits per heavy atom. The number of aromatic nitrogens is 1. The number of carbonyl (C=O) groups excluding carboxylic acids is 3. The Morgan fingerprint density at radius 1 is 0.930 bits per heavy atom. The van der Waals surface area contributed by atoms with Crippen molar-refractivity contribution in [2.75, 3.05) is 13.1 Å². The summed E-state index contributed by atoms with van der Waals surface area (Å²) in [6.45, 7) is 1.21. The summed E-state index contributed by atoms with van der Waals surface area (Å²) in [5, 5.41) is 16.7. The number of benzene rings is 2. The third-order valence-corrected chi connectivity index (χ3v) is 9.36. The molecular weight excluding hydrogens is 591 g/mol. The molecule has 5 rings (SSSR count). The molecule has 3 aromatic rings. The number of hydrogen-bond donors (Lipinski definition) is 4. The molecule has 2 aromatic carbocycles. The summed E-state index contributed by atoms with van der Waals surface area (Å²) in [4.78, 5) is 56.8. The first-order valence-electron chi connectivity index (χ1n) is 14.8. The van der Waals surface area contributed by atoms with Crippen LogP contribution >= 0.6 is 23.2 Å². The SMILES string of the molecule is O=C(CC[C@@H](NC(=O)c1cc(Cl)cc(Cl)c1)C(=O)N1CCC2(CCCC2)CC1)N[C@H](Cc1c[nH]c2ccccc12)C(=O)O. The van der Waals surface area contributed by atoms with Crippen LogP contribution in [0, 0.1) is 5.41 Å². The number of piperidine rings is 1. The van der Waals surface area contributed by atoms with Crippen molar-refractivity contribution in [3.63, 3.8) is 0 Å². The molecule has 1 aliphatic carbocycles. The summed E-state index contributed by atoms with van der Waals surface area (Å²) in [7, 11) is 0. The lowest BCUT2D eigenvalue weighted by Crippen LogP contribution is -2.52. The van der Waals surface area contributed by atoms with E-state index in [0.29, 0.717) is 18.5 Å². The quantitative estimate of drug-likeness (QED) is 0.241. The van der Waals surface area contributed by atoms with Gasteiger partial charge in [-0.25, -0.2) is 4.79 Å². The van der Waals surface area contributed by atoms with E-state index in [-0.39, 0.29) is 40.8 Å². The van der Waals surface area contributed by atoms with Crippen molar-refractivity contribution < 1.29 is 24.3 Å². The smallest absolute Gasteiger partial charge is 0.326 e. The summed E-state index contributed by atoms with van der Waals surface area (Å²) in [5.41, 5.74) is 2.16. The first kappa shape index (κ1) is 30.9. The molecule has 1 saturated carbocycles. The highest BCUT2D eigenvalue weighted by Gasteiger charge is 2.39. The van der Waals surface area contributed by atoms with Crippen molar-refractivity contribution in [3.8, 4) is 0 Å². The van der Waals surface area contributed by atoms with Gasteiger partial charge in [-0.3, -0.25) is 14.4 Å². The minimum atomic E-state index is -1.16. The van der Waals surface area contributed by atoms with Crippen LogP contribution in [0.1, 0.15) is 67.3 Å². The molecule has 11 heteroatoms. The summed E-state index contributed by atoms with van der Waals surface area (Å²) in [6, 6.07) is 9.83. The fourth-order valence-corrected chi connectivity index (χ4v) is 7.02. The molecule has 43 heavy (non-hydrogen) atoms. The summed E-state index contributed by atoms with van der Waals surface area (Å²) < 4.78 is 0. The number of para-hydroxylation sites is 1. The van der Waals surface area contributed by atoms with Gasteiger partial charge >= 0.3 is 5.97 Å². The highest BCUT2D eigenvalue weighted by Crippen LogP contribution is 2.46. The third-order valence-electron chi connectivity index (χ3n) is 8.92. The average Bonchev–Trinajstić information content (AvgIpc) is 3.61. The van der Waals surface area contributed by atoms with E-state index >= 15 is 0 Å². The predicted octanol–water partition coefficient (Wildman–Crippen LogP) is 5.35. The number of carboxylic acids is 1. The van der Waals surface area contributed by atoms with E-state index in [2.05, 4.69) is 15.6 Å². The number of carbonyl (C=O) groups is 4. The molecule has 228 valence electrons. The van der Waals surface area contributed by atoms with Crippen LogP contribution in [-0.4, -0.2) is 63.9 Å². The van der Waals surface area contributed by atoms with Gasteiger partial charge in [-0.15, -0.1) is 0 Å². The van der Waals surface area contributed by atoms with E-state index in [1.54, 1.807) is 11.1 Å². The maximum atomic E-state index is 13.7. The van der Waals surface area contributed by atoms with Crippen LogP contribution in [0.2, 0.25) is 10.0 Å². The zero-order valence-electron chi connectivity index (χ0n) is 23.8. The fourth-order valence-electron chi connectivity index (χ4n) is 6.49. The van der Waals surface area contributed by atoms with E-state index < -0.39 is 29.9 Å². The molecule has 0 unspecified atom stereocenters. The van der Waals surface area contributed by atoms with Crippen LogP contribution < -0.4 is 10.6 Å². The van der Waals surface area contributed by atoms with E-state index in [0.717, 1.165) is 29.3 Å². The molecular formula is C32H36Cl2N4O5. The lowest BCUT2D eigenvalue weighted by molar-refractivity contribution is -0.142. The van der Waals surface area contributed by atoms with Crippen molar-refractivity contribution in [1.29, 1.82) is 0 Å². The van der Waals surface area contributed by atoms with Gasteiger partial charge in [0.2, 0.25) is 11.8 Å². The van der Waals surface area contributed by atoms with Gasteiger partial charge in [0.05, 0.1) is 0 Å². The Hall–Kier alpha value is -3.56. The van der Waals surface area contributed by atoms with Gasteiger partial charge in [-0.2, -0.15) is 0 Å². The Labute approximate surface area is 260 Å². The van der Waals surface area contributed by atoms with Gasteiger partial charge in [0.1, 0.15) is 12.1 Å². The number of carboxylic acid groups (broad SMARTS) is 1. The fraction of sp³-hybridized carbons (Fsp3) is 0.438. The summed E-state index contributed by atoms with van der Waals surface area (Å²) >= 11 is 12.2. The highest BCUT2D eigenvalue weighted by molar-refractivity contribution is 6.35. The molecule has 1 aliphatic heterocycles. The number of aliphatic carboxylic acids is 1. The monoisotopic (exact) mass is 626 g/mol. The van der Waals surface area contributed by atoms with Gasteiger partial charge in [0.15, 0.2) is 0 Å². The molecule has 2 heterocycles. The van der Waals surface area contributed by atoms with Crippen molar-refractivity contribution in [1.82, 2.24) is 20.5 Å². The molecule has 1 aromatic heterocycles. The number of nitrogens with zero attached hydrogens (tertiary/aromatic N) is 1. The maximum absolute atomic E-state index is 13.7. The van der Waals surface area contributed by atoms with Crippen molar-refractivity contribution in [3.05, 3.63) is 69.8 Å². The standard InChI is InChI=1S/C32H36Cl2N4O5/c33-22-15-20(16-23(34)18-22)29(40)37-26(30(41)38-13-11-32(12-14-38)9-3-4-10-32)7-8-28(39)36-27(31(42)43)17-21-19-35-25-6-2-1-5-24(21)25/h1-2,5-6,15-16,18-19,26-27,35H,3-4,7-14,17H2,(H,36,39)(H,37,40)(H,42,43)/t26-,27-/m1/s1. The van der Waals surface area contributed by atoms with Gasteiger partial charge in [0.25, 0.3) is 5.91 Å². The second kappa shape index (κ2) is 13.4. The Balaban J connectivity index is 1.25. The van der Waals surface area contributed by atoms with Crippen LogP contribution in [0.4, 0.5) is 0 Å². The molecule has 9 nitrogen and oxygen atoms in total. The number of aromatic amines is 1. The molecule has 1 spiro atoms. The van der Waals surface area contributed by atoms with E-state index in [1.165, 1.54) is 43.9 Å². The molecule has 2 atom stereocenters. The number of fused-ring (bicyclic) bond motifs is 1. The molecule has 3 amide bonds. The number of rotatable bonds is 10. The van der Waals surface area contributed by atoms with Crippen LogP contribution in [0.5, 0.6) is 0 Å². The van der Waals surface area contributed by atoms with Gasteiger partial charge < -0.3 is 25.6 Å². The zero-order chi connectivity index (χ0) is 30.6. The number of halogens is 2. The topological polar surface area (TPSA) is 132 Å². The normalized spacial score (nSPS) is 17.5. The average molecular weight is 628 g/mol. The third kappa shape index (κ3) is 7.51. The Morgan fingerprint density at radius 2 is 1.60 bits per heavy atom. The molecule has 1 saturated heterocycles. The number of hydrogen-bond acceptors (Lipinski definition) is 4. The summed E-state index contributed by atoms with van der Waals surface area (Å²) in [5.74, 6) is -2.47. The lowest BCUT2D eigenvalue weighted by Gasteiger charge is -2.40.